The highest BCUT2D eigenvalue weighted by atomic mass is 32.1. The van der Waals surface area contributed by atoms with Crippen molar-refractivity contribution in [2.45, 2.75) is 64.8 Å². The van der Waals surface area contributed by atoms with E-state index in [9.17, 15) is 10.2 Å². The fraction of sp³-hybridized carbons (Fsp3) is 0.611. The van der Waals surface area contributed by atoms with Crippen LogP contribution in [0, 0.1) is 6.92 Å². The number of nitrogens with one attached hydrogen (secondary N) is 1. The summed E-state index contributed by atoms with van der Waals surface area (Å²) in [6.07, 6.45) is 0.422. The van der Waals surface area contributed by atoms with Crippen LogP contribution in [0.5, 0.6) is 5.75 Å². The van der Waals surface area contributed by atoms with Gasteiger partial charge >= 0.3 is 0 Å². The molecule has 0 saturated heterocycles. The molecule has 3 atom stereocenters. The minimum Gasteiger partial charge on any atom is -0.488 e. The van der Waals surface area contributed by atoms with Crippen LogP contribution in [0.15, 0.2) is 12.1 Å². The number of benzene rings is 1. The van der Waals surface area contributed by atoms with Gasteiger partial charge in [0, 0.05) is 17.6 Å². The molecule has 0 heterocycles. The lowest BCUT2D eigenvalue weighted by Gasteiger charge is -2.23. The average Bonchev–Trinajstić information content (AvgIpc) is 2.88. The van der Waals surface area contributed by atoms with E-state index in [1.54, 1.807) is 0 Å². The number of rotatable bonds is 7. The number of ether oxygens (including phenoxy) is 1. The molecule has 0 aliphatic heterocycles. The molecule has 1 aliphatic rings. The predicted molar refractivity (Wildman–Crippen MR) is 96.3 cm³/mol. The first-order chi connectivity index (χ1) is 10.8. The molecule has 0 fully saturated rings. The van der Waals surface area contributed by atoms with Gasteiger partial charge in [-0.25, -0.2) is 0 Å². The molecule has 0 amide bonds. The van der Waals surface area contributed by atoms with Gasteiger partial charge in [0.1, 0.15) is 18.5 Å². The molecule has 1 aromatic rings. The number of hydrogen-bond acceptors (Lipinski definition) is 5. The van der Waals surface area contributed by atoms with Crippen molar-refractivity contribution in [1.29, 1.82) is 0 Å². The van der Waals surface area contributed by atoms with Gasteiger partial charge in [-0.15, -0.1) is 0 Å². The third-order valence-corrected chi connectivity index (χ3v) is 4.66. The van der Waals surface area contributed by atoms with Crippen LogP contribution in [0.25, 0.3) is 0 Å². The van der Waals surface area contributed by atoms with Gasteiger partial charge in [0.2, 0.25) is 0 Å². The Morgan fingerprint density at radius 3 is 2.74 bits per heavy atom. The summed E-state index contributed by atoms with van der Waals surface area (Å²) in [6.45, 7) is 8.18. The predicted octanol–water partition coefficient (Wildman–Crippen LogP) is 2.47. The van der Waals surface area contributed by atoms with E-state index in [1.165, 1.54) is 0 Å². The van der Waals surface area contributed by atoms with Gasteiger partial charge in [-0.05, 0) is 43.9 Å². The van der Waals surface area contributed by atoms with Crippen LogP contribution in [-0.4, -0.2) is 39.9 Å². The molecular formula is C18H27NO3S. The lowest BCUT2D eigenvalue weighted by atomic mass is 10.0. The summed E-state index contributed by atoms with van der Waals surface area (Å²) in [5.41, 5.74) is 3.15. The largest absolute Gasteiger partial charge is 0.488 e. The van der Waals surface area contributed by atoms with E-state index in [2.05, 4.69) is 5.32 Å². The van der Waals surface area contributed by atoms with E-state index in [0.717, 1.165) is 35.3 Å². The lowest BCUT2D eigenvalue weighted by Crippen LogP contribution is -2.45. The Bertz CT molecular complexity index is 574. The van der Waals surface area contributed by atoms with Crippen molar-refractivity contribution in [2.24, 2.45) is 0 Å². The van der Waals surface area contributed by atoms with E-state index in [4.69, 9.17) is 17.0 Å². The Morgan fingerprint density at radius 1 is 1.39 bits per heavy atom. The normalized spacial score (nSPS) is 19.5. The van der Waals surface area contributed by atoms with E-state index < -0.39 is 12.2 Å². The van der Waals surface area contributed by atoms with Crippen molar-refractivity contribution in [3.8, 4) is 5.75 Å². The van der Waals surface area contributed by atoms with E-state index in [0.29, 0.717) is 4.86 Å². The molecule has 0 saturated carbocycles. The standard InChI is InChI=1S/C18H27NO3S/c1-10(2)19-12(4)18(21)16(23)9-22-15-8-5-11(3)17-13(15)6-7-14(17)20/h5,8,10,12,14,18-21H,6-7,9H2,1-4H3/t12-,14+,18-/m0/s1. The average molecular weight is 337 g/mol. The van der Waals surface area contributed by atoms with Crippen LogP contribution in [-0.2, 0) is 6.42 Å². The first-order valence-corrected chi connectivity index (χ1v) is 8.62. The lowest BCUT2D eigenvalue weighted by molar-refractivity contribution is 0.179. The van der Waals surface area contributed by atoms with Crippen molar-refractivity contribution < 1.29 is 14.9 Å². The Labute approximate surface area is 143 Å². The molecule has 0 spiro atoms. The van der Waals surface area contributed by atoms with Crippen LogP contribution in [0.3, 0.4) is 0 Å². The first kappa shape index (κ1) is 18.3. The number of thiocarbonyl (C=S) groups is 1. The summed E-state index contributed by atoms with van der Waals surface area (Å²) >= 11 is 5.32. The van der Waals surface area contributed by atoms with Crippen LogP contribution >= 0.6 is 12.2 Å². The van der Waals surface area contributed by atoms with Gasteiger partial charge in [0.25, 0.3) is 0 Å². The maximum Gasteiger partial charge on any atom is 0.123 e. The molecule has 3 N–H and O–H groups in total. The molecule has 4 nitrogen and oxygen atoms in total. The molecule has 128 valence electrons. The second-order valence-corrected chi connectivity index (χ2v) is 7.16. The molecule has 0 unspecified atom stereocenters. The zero-order valence-corrected chi connectivity index (χ0v) is 15.1. The Kier molecular flexibility index (Phi) is 6.14. The third kappa shape index (κ3) is 4.29. The van der Waals surface area contributed by atoms with E-state index in [1.807, 2.05) is 39.8 Å². The smallest absolute Gasteiger partial charge is 0.123 e. The number of aryl methyl sites for hydroxylation is 1. The summed E-state index contributed by atoms with van der Waals surface area (Å²) in [7, 11) is 0. The minimum atomic E-state index is -0.725. The van der Waals surface area contributed by atoms with Crippen molar-refractivity contribution >= 4 is 17.1 Å². The summed E-state index contributed by atoms with van der Waals surface area (Å²) in [6, 6.07) is 4.06. The van der Waals surface area contributed by atoms with Crippen LogP contribution in [0.4, 0.5) is 0 Å². The van der Waals surface area contributed by atoms with Crippen LogP contribution < -0.4 is 10.1 Å². The van der Waals surface area contributed by atoms with E-state index >= 15 is 0 Å². The summed E-state index contributed by atoms with van der Waals surface area (Å²) in [4.78, 5) is 0.485. The number of aliphatic hydroxyl groups excluding tert-OH is 2. The summed E-state index contributed by atoms with van der Waals surface area (Å²) in [5, 5.41) is 23.6. The quantitative estimate of drug-likeness (QED) is 0.667. The third-order valence-electron chi connectivity index (χ3n) is 4.30. The van der Waals surface area contributed by atoms with Crippen molar-refractivity contribution in [1.82, 2.24) is 5.32 Å². The summed E-state index contributed by atoms with van der Waals surface area (Å²) in [5.74, 6) is 0.765. The molecular weight excluding hydrogens is 310 g/mol. The molecule has 2 rings (SSSR count). The Balaban J connectivity index is 2.00. The van der Waals surface area contributed by atoms with E-state index in [-0.39, 0.29) is 18.7 Å². The van der Waals surface area contributed by atoms with Gasteiger partial charge in [0.15, 0.2) is 0 Å². The van der Waals surface area contributed by atoms with Gasteiger partial charge in [-0.2, -0.15) is 0 Å². The number of hydrogen-bond donors (Lipinski definition) is 3. The van der Waals surface area contributed by atoms with Gasteiger partial charge in [-0.1, -0.05) is 32.1 Å². The molecule has 23 heavy (non-hydrogen) atoms. The number of aliphatic hydroxyl groups is 2. The van der Waals surface area contributed by atoms with Gasteiger partial charge in [-0.3, -0.25) is 0 Å². The zero-order chi connectivity index (χ0) is 17.1. The fourth-order valence-corrected chi connectivity index (χ4v) is 3.44. The monoisotopic (exact) mass is 337 g/mol. The fourth-order valence-electron chi connectivity index (χ4n) is 3.17. The van der Waals surface area contributed by atoms with Gasteiger partial charge < -0.3 is 20.3 Å². The SMILES string of the molecule is Cc1ccc(OCC(=S)[C@@H](O)[C@H](C)NC(C)C)c2c1[C@H](O)CC2. The molecule has 0 radical (unpaired) electrons. The second-order valence-electron chi connectivity index (χ2n) is 6.64. The molecule has 1 aromatic carbocycles. The Morgan fingerprint density at radius 2 is 2.09 bits per heavy atom. The summed E-state index contributed by atoms with van der Waals surface area (Å²) < 4.78 is 5.85. The molecule has 0 aromatic heterocycles. The van der Waals surface area contributed by atoms with Crippen molar-refractivity contribution in [3.63, 3.8) is 0 Å². The molecule has 5 heteroatoms. The molecule has 1 aliphatic carbocycles. The molecule has 0 bridgehead atoms. The van der Waals surface area contributed by atoms with Crippen molar-refractivity contribution in [3.05, 3.63) is 28.8 Å². The number of fused-ring (bicyclic) bond motifs is 1. The van der Waals surface area contributed by atoms with Crippen LogP contribution in [0.2, 0.25) is 0 Å². The maximum absolute atomic E-state index is 10.3. The highest BCUT2D eigenvalue weighted by molar-refractivity contribution is 7.80. The first-order valence-electron chi connectivity index (χ1n) is 8.21. The highest BCUT2D eigenvalue weighted by Crippen LogP contribution is 2.39. The topological polar surface area (TPSA) is 61.7 Å². The minimum absolute atomic E-state index is 0.114. The Hall–Kier alpha value is -1.01. The van der Waals surface area contributed by atoms with Gasteiger partial charge in [0.05, 0.1) is 11.0 Å². The highest BCUT2D eigenvalue weighted by Gasteiger charge is 2.26. The second kappa shape index (κ2) is 7.71. The zero-order valence-electron chi connectivity index (χ0n) is 14.3. The van der Waals surface area contributed by atoms with Crippen molar-refractivity contribution in [2.75, 3.05) is 6.61 Å². The maximum atomic E-state index is 10.3. The van der Waals surface area contributed by atoms with Crippen LogP contribution in [0.1, 0.15) is 50.0 Å².